The lowest BCUT2D eigenvalue weighted by atomic mass is 10.1. The Morgan fingerprint density at radius 3 is 2.94 bits per heavy atom. The van der Waals surface area contributed by atoms with Crippen LogP contribution in [0.4, 0.5) is 0 Å². The number of fused-ring (bicyclic) bond motifs is 1. The maximum atomic E-state index is 5.12. The highest BCUT2D eigenvalue weighted by atomic mass is 16.5. The predicted molar refractivity (Wildman–Crippen MR) is 58.9 cm³/mol. The molecule has 0 aromatic carbocycles. The van der Waals surface area contributed by atoms with Gasteiger partial charge < -0.3 is 9.51 Å². The summed E-state index contributed by atoms with van der Waals surface area (Å²) in [4.78, 5) is 11.8. The average molecular weight is 214 g/mol. The van der Waals surface area contributed by atoms with Crippen LogP contribution in [0.15, 0.2) is 23.0 Å². The molecule has 5 heteroatoms. The van der Waals surface area contributed by atoms with E-state index in [0.29, 0.717) is 0 Å². The maximum Gasteiger partial charge on any atom is 0.156 e. The van der Waals surface area contributed by atoms with Crippen molar-refractivity contribution in [3.63, 3.8) is 0 Å². The molecule has 0 fully saturated rings. The highest BCUT2D eigenvalue weighted by Gasteiger charge is 2.13. The smallest absolute Gasteiger partial charge is 0.156 e. The van der Waals surface area contributed by atoms with Gasteiger partial charge in [-0.15, -0.1) is 0 Å². The molecule has 16 heavy (non-hydrogen) atoms. The van der Waals surface area contributed by atoms with Crippen molar-refractivity contribution in [1.29, 1.82) is 0 Å². The first-order chi connectivity index (χ1) is 7.75. The van der Waals surface area contributed by atoms with Crippen molar-refractivity contribution < 1.29 is 4.52 Å². The van der Waals surface area contributed by atoms with Gasteiger partial charge in [0.05, 0.1) is 23.1 Å². The number of aryl methyl sites for hydroxylation is 2. The van der Waals surface area contributed by atoms with Gasteiger partial charge in [0.25, 0.3) is 0 Å². The summed E-state index contributed by atoms with van der Waals surface area (Å²) in [7, 11) is 0. The number of hydrogen-bond donors (Lipinski definition) is 1. The first kappa shape index (κ1) is 9.08. The Labute approximate surface area is 91.5 Å². The van der Waals surface area contributed by atoms with Gasteiger partial charge in [-0.05, 0) is 19.9 Å². The van der Waals surface area contributed by atoms with E-state index in [2.05, 4.69) is 20.1 Å². The molecule has 3 aromatic heterocycles. The summed E-state index contributed by atoms with van der Waals surface area (Å²) in [6.45, 7) is 3.77. The van der Waals surface area contributed by atoms with Gasteiger partial charge in [0, 0.05) is 6.20 Å². The zero-order valence-electron chi connectivity index (χ0n) is 8.98. The van der Waals surface area contributed by atoms with E-state index < -0.39 is 0 Å². The van der Waals surface area contributed by atoms with E-state index in [0.717, 1.165) is 33.9 Å². The fourth-order valence-electron chi connectivity index (χ4n) is 1.80. The lowest BCUT2D eigenvalue weighted by molar-refractivity contribution is 0.393. The molecular formula is C11H10N4O. The molecule has 3 heterocycles. The monoisotopic (exact) mass is 214 g/mol. The SMILES string of the molecule is Cc1noc(C)c1-c1cnc2[nH]ccc2n1. The quantitative estimate of drug-likeness (QED) is 0.674. The number of hydrogen-bond acceptors (Lipinski definition) is 4. The third-order valence-electron chi connectivity index (χ3n) is 2.55. The van der Waals surface area contributed by atoms with Crippen molar-refractivity contribution >= 4 is 11.2 Å². The Morgan fingerprint density at radius 1 is 1.31 bits per heavy atom. The number of H-pyrrole nitrogens is 1. The second-order valence-corrected chi connectivity index (χ2v) is 3.67. The van der Waals surface area contributed by atoms with Crippen LogP contribution in [-0.2, 0) is 0 Å². The second-order valence-electron chi connectivity index (χ2n) is 3.67. The minimum absolute atomic E-state index is 0.765. The molecule has 1 N–H and O–H groups in total. The summed E-state index contributed by atoms with van der Waals surface area (Å²) in [5, 5.41) is 3.91. The molecule has 0 saturated carbocycles. The number of aromatic nitrogens is 4. The fourth-order valence-corrected chi connectivity index (χ4v) is 1.80. The van der Waals surface area contributed by atoms with Gasteiger partial charge >= 0.3 is 0 Å². The topological polar surface area (TPSA) is 67.6 Å². The normalized spacial score (nSPS) is 11.1. The molecule has 0 bridgehead atoms. The van der Waals surface area contributed by atoms with Crippen molar-refractivity contribution in [3.8, 4) is 11.3 Å². The molecular weight excluding hydrogens is 204 g/mol. The van der Waals surface area contributed by atoms with Crippen LogP contribution in [0, 0.1) is 13.8 Å². The molecule has 0 aliphatic carbocycles. The molecule has 3 rings (SSSR count). The van der Waals surface area contributed by atoms with Crippen LogP contribution in [0.3, 0.4) is 0 Å². The van der Waals surface area contributed by atoms with Gasteiger partial charge in [0.2, 0.25) is 0 Å². The molecule has 0 aliphatic rings. The van der Waals surface area contributed by atoms with Crippen LogP contribution in [0.25, 0.3) is 22.4 Å². The van der Waals surface area contributed by atoms with Gasteiger partial charge in [-0.3, -0.25) is 0 Å². The zero-order valence-corrected chi connectivity index (χ0v) is 8.98. The minimum Gasteiger partial charge on any atom is -0.361 e. The van der Waals surface area contributed by atoms with E-state index in [-0.39, 0.29) is 0 Å². The molecule has 3 aromatic rings. The number of rotatable bonds is 1. The highest BCUT2D eigenvalue weighted by molar-refractivity contribution is 5.75. The van der Waals surface area contributed by atoms with Crippen LogP contribution in [0.1, 0.15) is 11.5 Å². The zero-order chi connectivity index (χ0) is 11.1. The lowest BCUT2D eigenvalue weighted by Gasteiger charge is -1.98. The molecule has 0 saturated heterocycles. The van der Waals surface area contributed by atoms with Crippen LogP contribution >= 0.6 is 0 Å². The first-order valence-corrected chi connectivity index (χ1v) is 4.99. The third kappa shape index (κ3) is 1.21. The molecule has 80 valence electrons. The summed E-state index contributed by atoms with van der Waals surface area (Å²) in [5.41, 5.74) is 4.19. The standard InChI is InChI=1S/C11H10N4O/c1-6-10(7(2)16-15-6)9-5-13-11-8(14-9)3-4-12-11/h3-5H,1-2H3,(H,12,13). The maximum absolute atomic E-state index is 5.12. The molecule has 0 spiro atoms. The van der Waals surface area contributed by atoms with Gasteiger partial charge in [-0.2, -0.15) is 0 Å². The molecule has 0 atom stereocenters. The molecule has 0 radical (unpaired) electrons. The van der Waals surface area contributed by atoms with E-state index in [9.17, 15) is 0 Å². The Morgan fingerprint density at radius 2 is 2.19 bits per heavy atom. The van der Waals surface area contributed by atoms with Crippen LogP contribution in [0.5, 0.6) is 0 Å². The summed E-state index contributed by atoms with van der Waals surface area (Å²) >= 11 is 0. The number of nitrogens with one attached hydrogen (secondary N) is 1. The Bertz CT molecular complexity index is 633. The second kappa shape index (κ2) is 3.16. The molecule has 0 aliphatic heterocycles. The first-order valence-electron chi connectivity index (χ1n) is 4.99. The Hall–Kier alpha value is -2.17. The van der Waals surface area contributed by atoms with E-state index >= 15 is 0 Å². The van der Waals surface area contributed by atoms with Crippen LogP contribution in [0.2, 0.25) is 0 Å². The number of nitrogens with zero attached hydrogens (tertiary/aromatic N) is 3. The van der Waals surface area contributed by atoms with Gasteiger partial charge in [-0.1, -0.05) is 5.16 Å². The van der Waals surface area contributed by atoms with Crippen molar-refractivity contribution in [1.82, 2.24) is 20.1 Å². The summed E-state index contributed by atoms with van der Waals surface area (Å²) in [6, 6.07) is 1.89. The summed E-state index contributed by atoms with van der Waals surface area (Å²) in [6.07, 6.45) is 3.55. The predicted octanol–water partition coefficient (Wildman–Crippen LogP) is 2.23. The lowest BCUT2D eigenvalue weighted by Crippen LogP contribution is -1.89. The number of aromatic amines is 1. The van der Waals surface area contributed by atoms with Crippen molar-refractivity contribution in [2.75, 3.05) is 0 Å². The largest absolute Gasteiger partial charge is 0.361 e. The third-order valence-corrected chi connectivity index (χ3v) is 2.55. The van der Waals surface area contributed by atoms with E-state index in [4.69, 9.17) is 4.52 Å². The molecule has 5 nitrogen and oxygen atoms in total. The van der Waals surface area contributed by atoms with Gasteiger partial charge in [0.1, 0.15) is 11.3 Å². The fraction of sp³-hybridized carbons (Fsp3) is 0.182. The van der Waals surface area contributed by atoms with Crippen LogP contribution in [-0.4, -0.2) is 20.1 Å². The van der Waals surface area contributed by atoms with E-state index in [1.165, 1.54) is 0 Å². The highest BCUT2D eigenvalue weighted by Crippen LogP contribution is 2.25. The summed E-state index contributed by atoms with van der Waals surface area (Å²) < 4.78 is 5.12. The molecule has 0 unspecified atom stereocenters. The van der Waals surface area contributed by atoms with Gasteiger partial charge in [-0.25, -0.2) is 9.97 Å². The van der Waals surface area contributed by atoms with E-state index in [1.54, 1.807) is 6.20 Å². The Balaban J connectivity index is 2.25. The minimum atomic E-state index is 0.765. The van der Waals surface area contributed by atoms with Crippen molar-refractivity contribution in [3.05, 3.63) is 29.9 Å². The van der Waals surface area contributed by atoms with Crippen LogP contribution < -0.4 is 0 Å². The summed E-state index contributed by atoms with van der Waals surface area (Å²) in [5.74, 6) is 0.765. The average Bonchev–Trinajstić information content (AvgIpc) is 2.85. The van der Waals surface area contributed by atoms with Gasteiger partial charge in [0.15, 0.2) is 5.65 Å². The van der Waals surface area contributed by atoms with Crippen molar-refractivity contribution in [2.24, 2.45) is 0 Å². The van der Waals surface area contributed by atoms with Crippen molar-refractivity contribution in [2.45, 2.75) is 13.8 Å². The Kier molecular flexibility index (Phi) is 1.80. The van der Waals surface area contributed by atoms with E-state index in [1.807, 2.05) is 26.1 Å². The molecule has 0 amide bonds.